The molecule has 24 heavy (non-hydrogen) atoms. The largest absolute Gasteiger partial charge is 0.278 e. The van der Waals surface area contributed by atoms with Gasteiger partial charge in [-0.05, 0) is 42.3 Å². The molecule has 2 aromatic carbocycles. The van der Waals surface area contributed by atoms with E-state index in [0.717, 1.165) is 27.4 Å². The smallest absolute Gasteiger partial charge is 0.0874 e. The van der Waals surface area contributed by atoms with Crippen molar-refractivity contribution in [3.63, 3.8) is 0 Å². The summed E-state index contributed by atoms with van der Waals surface area (Å²) in [6.07, 6.45) is 3.78. The molecule has 1 aliphatic heterocycles. The van der Waals surface area contributed by atoms with E-state index in [1.807, 2.05) is 0 Å². The third-order valence-corrected chi connectivity index (χ3v) is 5.97. The molecule has 1 fully saturated rings. The maximum absolute atomic E-state index is 4.38. The normalized spacial score (nSPS) is 16.3. The van der Waals surface area contributed by atoms with Crippen LogP contribution in [0.5, 0.6) is 0 Å². The molecule has 0 aromatic heterocycles. The van der Waals surface area contributed by atoms with Gasteiger partial charge in [0.15, 0.2) is 0 Å². The van der Waals surface area contributed by atoms with Crippen molar-refractivity contribution in [1.82, 2.24) is 5.01 Å². The lowest BCUT2D eigenvalue weighted by atomic mass is 10.0. The van der Waals surface area contributed by atoms with Crippen molar-refractivity contribution < 1.29 is 0 Å². The van der Waals surface area contributed by atoms with Gasteiger partial charge < -0.3 is 0 Å². The van der Waals surface area contributed by atoms with E-state index >= 15 is 0 Å². The predicted molar refractivity (Wildman–Crippen MR) is 104 cm³/mol. The number of rotatable bonds is 5. The minimum atomic E-state index is 0.151. The number of piperidine rings is 1. The van der Waals surface area contributed by atoms with Crippen LogP contribution in [-0.2, 0) is 5.16 Å². The molecule has 126 valence electrons. The lowest BCUT2D eigenvalue weighted by Gasteiger charge is -2.25. The van der Waals surface area contributed by atoms with Crippen molar-refractivity contribution in [1.29, 1.82) is 0 Å². The molecule has 0 bridgehead atoms. The van der Waals surface area contributed by atoms with Crippen LogP contribution in [0, 0.1) is 0 Å². The van der Waals surface area contributed by atoms with Gasteiger partial charge in [-0.1, -0.05) is 70.1 Å². The average molecular weight is 339 g/mol. The highest BCUT2D eigenvalue weighted by Gasteiger charge is 2.20. The molecule has 1 heterocycles. The van der Waals surface area contributed by atoms with Crippen molar-refractivity contribution in [3.05, 3.63) is 60.2 Å². The first kappa shape index (κ1) is 17.1. The van der Waals surface area contributed by atoms with Crippen LogP contribution >= 0.6 is 8.58 Å². The zero-order chi connectivity index (χ0) is 16.8. The van der Waals surface area contributed by atoms with Gasteiger partial charge in [0.2, 0.25) is 0 Å². The van der Waals surface area contributed by atoms with E-state index in [2.05, 4.69) is 83.8 Å². The molecule has 2 aromatic rings. The van der Waals surface area contributed by atoms with Crippen LogP contribution in [0.1, 0.15) is 38.7 Å². The van der Waals surface area contributed by atoms with Gasteiger partial charge in [-0.25, -0.2) is 0 Å². The van der Waals surface area contributed by atoms with Crippen molar-refractivity contribution in [2.24, 2.45) is 10.3 Å². The Bertz CT molecular complexity index is 659. The van der Waals surface area contributed by atoms with Crippen molar-refractivity contribution in [2.75, 3.05) is 13.1 Å². The van der Waals surface area contributed by atoms with Gasteiger partial charge in [-0.2, -0.15) is 0 Å². The third-order valence-electron chi connectivity index (χ3n) is 4.44. The van der Waals surface area contributed by atoms with Crippen molar-refractivity contribution in [3.8, 4) is 0 Å². The first-order chi connectivity index (χ1) is 11.6. The highest BCUT2D eigenvalue weighted by Crippen LogP contribution is 2.40. The van der Waals surface area contributed by atoms with Crippen LogP contribution in [0.4, 0.5) is 5.69 Å². The Morgan fingerprint density at radius 2 is 1.54 bits per heavy atom. The highest BCUT2D eigenvalue weighted by atomic mass is 31.1. The molecule has 1 atom stereocenters. The molecule has 0 N–H and O–H groups in total. The lowest BCUT2D eigenvalue weighted by Crippen LogP contribution is -2.23. The van der Waals surface area contributed by atoms with Crippen molar-refractivity contribution in [2.45, 2.75) is 38.3 Å². The maximum atomic E-state index is 4.38. The van der Waals surface area contributed by atoms with Gasteiger partial charge in [0, 0.05) is 18.2 Å². The number of benzene rings is 2. The van der Waals surface area contributed by atoms with Gasteiger partial charge in [-0.3, -0.25) is 5.01 Å². The number of hydrogen-bond donors (Lipinski definition) is 0. The monoisotopic (exact) mass is 339 g/mol. The molecule has 0 aliphatic carbocycles. The fraction of sp³-hybridized carbons (Fsp3) is 0.400. The molecule has 0 radical (unpaired) electrons. The second kappa shape index (κ2) is 7.90. The Morgan fingerprint density at radius 3 is 2.21 bits per heavy atom. The quantitative estimate of drug-likeness (QED) is 0.529. The van der Waals surface area contributed by atoms with E-state index < -0.39 is 0 Å². The van der Waals surface area contributed by atoms with E-state index in [4.69, 9.17) is 0 Å². The molecule has 3 rings (SSSR count). The minimum Gasteiger partial charge on any atom is -0.278 e. The highest BCUT2D eigenvalue weighted by molar-refractivity contribution is 7.48. The molecule has 0 amide bonds. The van der Waals surface area contributed by atoms with Gasteiger partial charge in [0.25, 0.3) is 0 Å². The van der Waals surface area contributed by atoms with E-state index in [1.165, 1.54) is 30.1 Å². The summed E-state index contributed by atoms with van der Waals surface area (Å²) in [5.74, 6) is 0. The minimum absolute atomic E-state index is 0.151. The summed E-state index contributed by atoms with van der Waals surface area (Å²) in [7, 11) is 0.729. The zero-order valence-electron chi connectivity index (χ0n) is 14.6. The van der Waals surface area contributed by atoms with Crippen LogP contribution in [-0.4, -0.2) is 18.1 Å². The number of hydrogen-bond acceptors (Lipinski definition) is 2. The van der Waals surface area contributed by atoms with Crippen LogP contribution in [0.3, 0.4) is 0 Å². The second-order valence-corrected chi connectivity index (χ2v) is 8.94. The summed E-state index contributed by atoms with van der Waals surface area (Å²) in [5.41, 5.74) is 2.32. The Balaban J connectivity index is 1.63. The first-order valence-corrected chi connectivity index (χ1v) is 9.74. The summed E-state index contributed by atoms with van der Waals surface area (Å²) in [6, 6.07) is 19.3. The van der Waals surface area contributed by atoms with E-state index in [1.54, 1.807) is 0 Å². The average Bonchev–Trinajstić information content (AvgIpc) is 2.62. The summed E-state index contributed by atoms with van der Waals surface area (Å²) in [5, 5.41) is 12.3. The summed E-state index contributed by atoms with van der Waals surface area (Å²) in [4.78, 5) is 0. The second-order valence-electron chi connectivity index (χ2n) is 6.87. The molecule has 1 aliphatic rings. The SMILES string of the molecule is CC(C)(Pc1ccc(N=NN2CCCCC2)cc1)c1ccccc1. The van der Waals surface area contributed by atoms with Crippen LogP contribution in [0.2, 0.25) is 0 Å². The molecule has 1 unspecified atom stereocenters. The van der Waals surface area contributed by atoms with Gasteiger partial charge in [-0.15, -0.1) is 5.11 Å². The Labute approximate surface area is 146 Å². The zero-order valence-corrected chi connectivity index (χ0v) is 15.6. The topological polar surface area (TPSA) is 28.0 Å². The molecule has 1 saturated heterocycles. The van der Waals surface area contributed by atoms with Gasteiger partial charge in [0.1, 0.15) is 0 Å². The fourth-order valence-corrected chi connectivity index (χ4v) is 4.35. The van der Waals surface area contributed by atoms with Crippen molar-refractivity contribution >= 4 is 19.6 Å². The Kier molecular flexibility index (Phi) is 5.63. The van der Waals surface area contributed by atoms with Crippen LogP contribution in [0.15, 0.2) is 64.9 Å². The standard InChI is InChI=1S/C20H26N3P/c1-20(2,17-9-5-3-6-10-17)24-19-13-11-18(12-14-19)21-22-23-15-7-4-8-16-23/h3,5-6,9-14,24H,4,7-8,15-16H2,1-2H3. The molecular formula is C20H26N3P. The summed E-state index contributed by atoms with van der Waals surface area (Å²) < 4.78 is 0. The van der Waals surface area contributed by atoms with Crippen LogP contribution < -0.4 is 5.30 Å². The molecule has 3 nitrogen and oxygen atoms in total. The third kappa shape index (κ3) is 4.64. The van der Waals surface area contributed by atoms with Gasteiger partial charge in [0.05, 0.1) is 5.69 Å². The fourth-order valence-electron chi connectivity index (χ4n) is 2.98. The molecule has 0 spiro atoms. The van der Waals surface area contributed by atoms with E-state index in [0.29, 0.717) is 0 Å². The first-order valence-electron chi connectivity index (χ1n) is 8.74. The molecule has 0 saturated carbocycles. The Morgan fingerprint density at radius 1 is 0.875 bits per heavy atom. The van der Waals surface area contributed by atoms with E-state index in [-0.39, 0.29) is 5.16 Å². The van der Waals surface area contributed by atoms with E-state index in [9.17, 15) is 0 Å². The lowest BCUT2D eigenvalue weighted by molar-refractivity contribution is 0.224. The summed E-state index contributed by atoms with van der Waals surface area (Å²) >= 11 is 0. The maximum Gasteiger partial charge on any atom is 0.0874 e. The predicted octanol–water partition coefficient (Wildman–Crippen LogP) is 5.41. The molecule has 4 heteroatoms. The number of nitrogens with zero attached hydrogens (tertiary/aromatic N) is 3. The molecular weight excluding hydrogens is 313 g/mol. The Hall–Kier alpha value is -1.73. The van der Waals surface area contributed by atoms with Gasteiger partial charge >= 0.3 is 0 Å². The summed E-state index contributed by atoms with van der Waals surface area (Å²) in [6.45, 7) is 6.69. The van der Waals surface area contributed by atoms with Crippen LogP contribution in [0.25, 0.3) is 0 Å².